The molecule has 1 aliphatic heterocycles. The topological polar surface area (TPSA) is 48.9 Å². The molecule has 0 bridgehead atoms. The van der Waals surface area contributed by atoms with Gasteiger partial charge in [-0.1, -0.05) is 24.3 Å². The maximum absolute atomic E-state index is 14.0. The van der Waals surface area contributed by atoms with Crippen molar-refractivity contribution in [3.8, 4) is 0 Å². The van der Waals surface area contributed by atoms with Crippen LogP contribution >= 0.6 is 24.0 Å². The van der Waals surface area contributed by atoms with Gasteiger partial charge in [-0.25, -0.2) is 8.78 Å². The Kier molecular flexibility index (Phi) is 9.77. The molecule has 0 spiro atoms. The van der Waals surface area contributed by atoms with Crippen molar-refractivity contribution in [3.63, 3.8) is 0 Å². The number of ether oxygens (including phenoxy) is 1. The lowest BCUT2D eigenvalue weighted by Crippen LogP contribution is -2.44. The first-order valence-corrected chi connectivity index (χ1v) is 9.91. The lowest BCUT2D eigenvalue weighted by Gasteiger charge is -2.21. The van der Waals surface area contributed by atoms with Crippen LogP contribution in [-0.2, 0) is 17.9 Å². The molecule has 3 rings (SSSR count). The molecular weight excluding hydrogens is 501 g/mol. The molecule has 1 saturated heterocycles. The van der Waals surface area contributed by atoms with Crippen molar-refractivity contribution in [3.05, 3.63) is 65.2 Å². The Bertz CT molecular complexity index is 832. The largest absolute Gasteiger partial charge is 0.377 e. The third-order valence-corrected chi connectivity index (χ3v) is 4.96. The van der Waals surface area contributed by atoms with E-state index in [-0.39, 0.29) is 30.0 Å². The van der Waals surface area contributed by atoms with Crippen molar-refractivity contribution >= 4 is 35.6 Å². The summed E-state index contributed by atoms with van der Waals surface area (Å²) in [5.74, 6) is -0.383. The van der Waals surface area contributed by atoms with E-state index in [2.05, 4.69) is 39.9 Å². The molecule has 0 amide bonds. The highest BCUT2D eigenvalue weighted by atomic mass is 127. The average molecular weight is 530 g/mol. The third-order valence-electron chi connectivity index (χ3n) is 4.96. The molecule has 0 saturated carbocycles. The number of benzene rings is 2. The minimum absolute atomic E-state index is 0. The molecule has 164 valence electrons. The van der Waals surface area contributed by atoms with Gasteiger partial charge in [0.1, 0.15) is 11.6 Å². The van der Waals surface area contributed by atoms with Crippen molar-refractivity contribution < 1.29 is 13.5 Å². The van der Waals surface area contributed by atoms with Crippen molar-refractivity contribution in [2.45, 2.75) is 32.5 Å². The van der Waals surface area contributed by atoms with Gasteiger partial charge in [0.05, 0.1) is 12.3 Å². The van der Waals surface area contributed by atoms with Crippen LogP contribution < -0.4 is 15.5 Å². The second-order valence-corrected chi connectivity index (χ2v) is 7.05. The fourth-order valence-electron chi connectivity index (χ4n) is 3.38. The number of anilines is 1. The van der Waals surface area contributed by atoms with E-state index in [0.29, 0.717) is 44.5 Å². The van der Waals surface area contributed by atoms with E-state index >= 15 is 0 Å². The summed E-state index contributed by atoms with van der Waals surface area (Å²) < 4.78 is 32.6. The summed E-state index contributed by atoms with van der Waals surface area (Å²) >= 11 is 0. The van der Waals surface area contributed by atoms with Crippen LogP contribution in [0.3, 0.4) is 0 Å². The van der Waals surface area contributed by atoms with Gasteiger partial charge in [-0.15, -0.1) is 24.0 Å². The Labute approximate surface area is 193 Å². The molecule has 1 unspecified atom stereocenters. The predicted molar refractivity (Wildman–Crippen MR) is 127 cm³/mol. The van der Waals surface area contributed by atoms with E-state index < -0.39 is 11.6 Å². The van der Waals surface area contributed by atoms with Gasteiger partial charge in [-0.3, -0.25) is 4.99 Å². The Morgan fingerprint density at radius 2 is 1.90 bits per heavy atom. The first kappa shape index (κ1) is 24.3. The normalized spacial score (nSPS) is 16.3. The molecule has 0 aliphatic carbocycles. The van der Waals surface area contributed by atoms with E-state index in [0.717, 1.165) is 23.6 Å². The number of nitrogens with zero attached hydrogens (tertiary/aromatic N) is 2. The molecule has 1 aliphatic rings. The van der Waals surface area contributed by atoms with Gasteiger partial charge in [-0.05, 0) is 36.6 Å². The monoisotopic (exact) mass is 530 g/mol. The number of guanidine groups is 1. The SMILES string of the molecule is CCOCc1ccc(CNC(=NC)NC2CCN(c3ccc(F)cc3F)C2)cc1.I. The van der Waals surface area contributed by atoms with Crippen LogP contribution in [0.5, 0.6) is 0 Å². The predicted octanol–water partition coefficient (Wildman–Crippen LogP) is 4.06. The van der Waals surface area contributed by atoms with Gasteiger partial charge < -0.3 is 20.3 Å². The Balaban J connectivity index is 0.00000320. The highest BCUT2D eigenvalue weighted by Gasteiger charge is 2.25. The van der Waals surface area contributed by atoms with Crippen molar-refractivity contribution in [1.29, 1.82) is 0 Å². The van der Waals surface area contributed by atoms with E-state index in [1.54, 1.807) is 7.05 Å². The summed E-state index contributed by atoms with van der Waals surface area (Å²) in [6.07, 6.45) is 0.851. The van der Waals surface area contributed by atoms with Gasteiger partial charge in [0, 0.05) is 45.4 Å². The number of halogens is 3. The van der Waals surface area contributed by atoms with Gasteiger partial charge in [0.15, 0.2) is 5.96 Å². The summed E-state index contributed by atoms with van der Waals surface area (Å²) in [4.78, 5) is 6.21. The standard InChI is InChI=1S/C22H28F2N4O.HI/c1-3-29-15-17-6-4-16(5-7-17)13-26-22(25-2)27-19-10-11-28(14-19)21-9-8-18(23)12-20(21)24;/h4-9,12,19H,3,10-11,13-15H2,1-2H3,(H2,25,26,27);1H. The molecule has 0 aromatic heterocycles. The second-order valence-electron chi connectivity index (χ2n) is 7.05. The molecule has 5 nitrogen and oxygen atoms in total. The molecule has 2 N–H and O–H groups in total. The van der Waals surface area contributed by atoms with Crippen molar-refractivity contribution in [1.82, 2.24) is 10.6 Å². The van der Waals surface area contributed by atoms with Crippen molar-refractivity contribution in [2.75, 3.05) is 31.6 Å². The summed E-state index contributed by atoms with van der Waals surface area (Å²) in [5.41, 5.74) is 2.73. The number of aliphatic imine (C=N–C) groups is 1. The van der Waals surface area contributed by atoms with Crippen LogP contribution in [-0.4, -0.2) is 38.7 Å². The lowest BCUT2D eigenvalue weighted by molar-refractivity contribution is 0.134. The fourth-order valence-corrected chi connectivity index (χ4v) is 3.38. The Morgan fingerprint density at radius 3 is 2.57 bits per heavy atom. The van der Waals surface area contributed by atoms with E-state index in [9.17, 15) is 8.78 Å². The first-order chi connectivity index (χ1) is 14.1. The van der Waals surface area contributed by atoms with Crippen molar-refractivity contribution in [2.24, 2.45) is 4.99 Å². The zero-order valence-electron chi connectivity index (χ0n) is 17.3. The highest BCUT2D eigenvalue weighted by molar-refractivity contribution is 14.0. The first-order valence-electron chi connectivity index (χ1n) is 9.91. The molecule has 1 fully saturated rings. The minimum Gasteiger partial charge on any atom is -0.377 e. The molecule has 2 aromatic carbocycles. The van der Waals surface area contributed by atoms with Gasteiger partial charge >= 0.3 is 0 Å². The number of hydrogen-bond donors (Lipinski definition) is 2. The Morgan fingerprint density at radius 1 is 1.17 bits per heavy atom. The number of nitrogens with one attached hydrogen (secondary N) is 2. The molecule has 30 heavy (non-hydrogen) atoms. The summed E-state index contributed by atoms with van der Waals surface area (Å²) in [5, 5.41) is 6.70. The van der Waals surface area contributed by atoms with Gasteiger partial charge in [-0.2, -0.15) is 0 Å². The van der Waals surface area contributed by atoms with E-state index in [1.165, 1.54) is 12.1 Å². The summed E-state index contributed by atoms with van der Waals surface area (Å²) in [7, 11) is 1.73. The number of rotatable bonds is 7. The number of hydrogen-bond acceptors (Lipinski definition) is 3. The van der Waals surface area contributed by atoms with Gasteiger partial charge in [0.2, 0.25) is 0 Å². The van der Waals surface area contributed by atoms with Crippen LogP contribution in [0.4, 0.5) is 14.5 Å². The molecule has 1 atom stereocenters. The van der Waals surface area contributed by atoms with E-state index in [1.807, 2.05) is 11.8 Å². The fraction of sp³-hybridized carbons (Fsp3) is 0.409. The van der Waals surface area contributed by atoms with Crippen LogP contribution in [0.15, 0.2) is 47.5 Å². The molecule has 2 aromatic rings. The van der Waals surface area contributed by atoms with E-state index in [4.69, 9.17) is 4.74 Å². The Hall–Kier alpha value is -1.94. The van der Waals surface area contributed by atoms with Crippen LogP contribution in [0.25, 0.3) is 0 Å². The smallest absolute Gasteiger partial charge is 0.191 e. The molecule has 8 heteroatoms. The summed E-state index contributed by atoms with van der Waals surface area (Å²) in [6, 6.07) is 12.1. The maximum atomic E-state index is 14.0. The average Bonchev–Trinajstić information content (AvgIpc) is 3.18. The zero-order chi connectivity index (χ0) is 20.6. The van der Waals surface area contributed by atoms with Gasteiger partial charge in [0.25, 0.3) is 0 Å². The third kappa shape index (κ3) is 6.80. The second kappa shape index (κ2) is 12.0. The molecular formula is C22H29F2IN4O. The zero-order valence-corrected chi connectivity index (χ0v) is 19.7. The molecule has 0 radical (unpaired) electrons. The quantitative estimate of drug-likeness (QED) is 0.322. The van der Waals surface area contributed by atoms with Crippen LogP contribution in [0, 0.1) is 11.6 Å². The van der Waals surface area contributed by atoms with Crippen LogP contribution in [0.1, 0.15) is 24.5 Å². The summed E-state index contributed by atoms with van der Waals surface area (Å²) in [6.45, 7) is 5.31. The molecule has 1 heterocycles. The maximum Gasteiger partial charge on any atom is 0.191 e. The highest BCUT2D eigenvalue weighted by Crippen LogP contribution is 2.24. The minimum atomic E-state index is -0.560. The lowest BCUT2D eigenvalue weighted by atomic mass is 10.1. The van der Waals surface area contributed by atoms with Crippen LogP contribution in [0.2, 0.25) is 0 Å².